The number of aromatic nitrogens is 2. The Morgan fingerprint density at radius 2 is 1.39 bits per heavy atom. The number of pyridine rings is 2. The van der Waals surface area contributed by atoms with Gasteiger partial charge in [-0.05, 0) is 37.8 Å². The van der Waals surface area contributed by atoms with Gasteiger partial charge in [0.25, 0.3) is 16.7 Å². The lowest BCUT2D eigenvalue weighted by molar-refractivity contribution is 0.409. The van der Waals surface area contributed by atoms with Crippen molar-refractivity contribution in [1.29, 1.82) is 0 Å². The second-order valence-corrected chi connectivity index (χ2v) is 10.2. The van der Waals surface area contributed by atoms with Crippen molar-refractivity contribution < 1.29 is 5.11 Å². The van der Waals surface area contributed by atoms with E-state index in [9.17, 15) is 19.5 Å². The second-order valence-electron chi connectivity index (χ2n) is 10.2. The van der Waals surface area contributed by atoms with Gasteiger partial charge in [-0.1, -0.05) is 53.4 Å². The molecule has 0 amide bonds. The summed E-state index contributed by atoms with van der Waals surface area (Å²) in [5.74, 6) is -0.133. The summed E-state index contributed by atoms with van der Waals surface area (Å²) in [6.45, 7) is 10.1. The van der Waals surface area contributed by atoms with Gasteiger partial charge in [0.2, 0.25) is 5.88 Å². The fourth-order valence-electron chi connectivity index (χ4n) is 5.22. The van der Waals surface area contributed by atoms with E-state index in [1.54, 1.807) is 12.1 Å². The molecule has 0 radical (unpaired) electrons. The zero-order chi connectivity index (χ0) is 27.4. The monoisotopic (exact) mass is 520 g/mol. The van der Waals surface area contributed by atoms with E-state index < -0.39 is 0 Å². The van der Waals surface area contributed by atoms with Gasteiger partial charge in [0.05, 0.1) is 21.7 Å². The van der Waals surface area contributed by atoms with Gasteiger partial charge < -0.3 is 10.4 Å². The summed E-state index contributed by atoms with van der Waals surface area (Å²) >= 11 is 0. The number of hydrogen-bond acceptors (Lipinski definition) is 6. The molecule has 0 saturated heterocycles. The van der Waals surface area contributed by atoms with Crippen LogP contribution in [0.25, 0.3) is 32.7 Å². The minimum absolute atomic E-state index is 0.133. The maximum atomic E-state index is 13.9. The highest BCUT2D eigenvalue weighted by Gasteiger charge is 2.28. The van der Waals surface area contributed by atoms with Crippen LogP contribution < -0.4 is 27.4 Å². The zero-order valence-corrected chi connectivity index (χ0v) is 23.2. The fourth-order valence-corrected chi connectivity index (χ4v) is 5.22. The molecule has 0 spiro atoms. The van der Waals surface area contributed by atoms with Gasteiger partial charge in [0, 0.05) is 48.2 Å². The summed E-state index contributed by atoms with van der Waals surface area (Å²) < 4.78 is 2.74. The lowest BCUT2D eigenvalue weighted by Gasteiger charge is -2.22. The summed E-state index contributed by atoms with van der Waals surface area (Å²) in [5, 5.41) is 16.9. The average Bonchev–Trinajstić information content (AvgIpc) is 2.91. The van der Waals surface area contributed by atoms with Crippen LogP contribution in [0.1, 0.15) is 79.1 Å². The molecule has 2 aromatic rings. The number of hydrogen-bond donors (Lipinski definition) is 2. The van der Waals surface area contributed by atoms with Gasteiger partial charge in [-0.25, -0.2) is 0 Å². The predicted molar refractivity (Wildman–Crippen MR) is 155 cm³/mol. The number of aromatic hydroxyl groups is 1. The van der Waals surface area contributed by atoms with Crippen molar-refractivity contribution in [2.24, 2.45) is 4.99 Å². The molecular formula is C30H40N4O4. The van der Waals surface area contributed by atoms with Crippen LogP contribution in [0.15, 0.2) is 31.5 Å². The molecule has 2 aliphatic rings. The topological polar surface area (TPSA) is 106 Å². The molecule has 0 bridgehead atoms. The Kier molecular flexibility index (Phi) is 8.69. The molecule has 0 saturated carbocycles. The third-order valence-electron chi connectivity index (χ3n) is 7.38. The SMILES string of the molecule is CCCCN=c1cc2c(=O)n(CCCC)c(=O)c3c(NCCCC)cc4c(O)n(CCCC)c(=O)c1c4c3-2. The van der Waals surface area contributed by atoms with Crippen LogP contribution in [0.2, 0.25) is 0 Å². The van der Waals surface area contributed by atoms with Crippen LogP contribution in [0, 0.1) is 0 Å². The van der Waals surface area contributed by atoms with Gasteiger partial charge in [-0.15, -0.1) is 0 Å². The molecule has 4 rings (SSSR count). The molecule has 1 aliphatic heterocycles. The van der Waals surface area contributed by atoms with E-state index in [-0.39, 0.29) is 22.6 Å². The normalized spacial score (nSPS) is 12.5. The zero-order valence-electron chi connectivity index (χ0n) is 23.2. The fraction of sp³-hybridized carbons (Fsp3) is 0.533. The average molecular weight is 521 g/mol. The molecule has 2 N–H and O–H groups in total. The maximum absolute atomic E-state index is 13.9. The van der Waals surface area contributed by atoms with Crippen molar-refractivity contribution in [1.82, 2.24) is 9.13 Å². The molecule has 38 heavy (non-hydrogen) atoms. The predicted octanol–water partition coefficient (Wildman–Crippen LogP) is 4.88. The highest BCUT2D eigenvalue weighted by Crippen LogP contribution is 2.40. The largest absolute Gasteiger partial charge is 0.494 e. The van der Waals surface area contributed by atoms with Gasteiger partial charge in [0.15, 0.2) is 0 Å². The van der Waals surface area contributed by atoms with Crippen LogP contribution in [0.5, 0.6) is 5.88 Å². The van der Waals surface area contributed by atoms with Crippen LogP contribution in [0.4, 0.5) is 5.69 Å². The summed E-state index contributed by atoms with van der Waals surface area (Å²) in [5.41, 5.74) is 0.335. The van der Waals surface area contributed by atoms with Gasteiger partial charge >= 0.3 is 0 Å². The van der Waals surface area contributed by atoms with E-state index in [4.69, 9.17) is 4.99 Å². The molecule has 204 valence electrons. The van der Waals surface area contributed by atoms with Crippen molar-refractivity contribution >= 4 is 27.2 Å². The molecule has 0 atom stereocenters. The lowest BCUT2D eigenvalue weighted by atomic mass is 9.89. The molecule has 1 aliphatic carbocycles. The van der Waals surface area contributed by atoms with E-state index >= 15 is 0 Å². The van der Waals surface area contributed by atoms with Crippen molar-refractivity contribution in [3.63, 3.8) is 0 Å². The van der Waals surface area contributed by atoms with Gasteiger partial charge in [0.1, 0.15) is 0 Å². The van der Waals surface area contributed by atoms with E-state index in [1.807, 2.05) is 13.8 Å². The van der Waals surface area contributed by atoms with E-state index in [0.717, 1.165) is 44.9 Å². The van der Waals surface area contributed by atoms with Gasteiger partial charge in [-0.2, -0.15) is 0 Å². The molecule has 1 aromatic heterocycles. The highest BCUT2D eigenvalue weighted by atomic mass is 16.3. The summed E-state index contributed by atoms with van der Waals surface area (Å²) in [4.78, 5) is 46.2. The molecule has 0 fully saturated rings. The maximum Gasteiger partial charge on any atom is 0.263 e. The van der Waals surface area contributed by atoms with Crippen molar-refractivity contribution in [2.75, 3.05) is 18.4 Å². The lowest BCUT2D eigenvalue weighted by Crippen LogP contribution is -2.37. The Hall–Kier alpha value is -3.42. The number of benzene rings is 2. The first-order valence-electron chi connectivity index (χ1n) is 14.2. The summed E-state index contributed by atoms with van der Waals surface area (Å²) in [7, 11) is 0. The third kappa shape index (κ3) is 4.76. The minimum atomic E-state index is -0.369. The van der Waals surface area contributed by atoms with Crippen LogP contribution in [-0.4, -0.2) is 27.3 Å². The van der Waals surface area contributed by atoms with Crippen LogP contribution in [0.3, 0.4) is 0 Å². The Balaban J connectivity index is 2.25. The van der Waals surface area contributed by atoms with E-state index in [1.165, 1.54) is 9.13 Å². The second kappa shape index (κ2) is 12.0. The van der Waals surface area contributed by atoms with Crippen LogP contribution >= 0.6 is 0 Å². The number of nitrogens with zero attached hydrogens (tertiary/aromatic N) is 3. The molecule has 8 nitrogen and oxygen atoms in total. The first kappa shape index (κ1) is 27.6. The quantitative estimate of drug-likeness (QED) is 0.193. The first-order valence-corrected chi connectivity index (χ1v) is 14.2. The number of unbranched alkanes of at least 4 members (excludes halogenated alkanes) is 4. The number of nitrogens with one attached hydrogen (secondary N) is 1. The number of anilines is 1. The first-order chi connectivity index (χ1) is 18.4. The standard InChI is InChI=1S/C30H40N4O4/c1-5-9-13-31-21-17-19-24-23-20(28(36)33(15-11-7-3)29(37)25(21)23)18-22(32-14-10-6-2)26(24)30(38)34(27(19)35)16-12-8-4/h17-18,31,35H,5-16H2,1-4H3. The molecular weight excluding hydrogens is 480 g/mol. The Morgan fingerprint density at radius 3 is 2.05 bits per heavy atom. The Morgan fingerprint density at radius 1 is 0.763 bits per heavy atom. The van der Waals surface area contributed by atoms with Gasteiger partial charge in [-0.3, -0.25) is 28.5 Å². The number of rotatable bonds is 13. The molecule has 8 heteroatoms. The Bertz CT molecular complexity index is 1620. The van der Waals surface area contributed by atoms with E-state index in [2.05, 4.69) is 19.2 Å². The highest BCUT2D eigenvalue weighted by molar-refractivity contribution is 6.18. The minimum Gasteiger partial charge on any atom is -0.494 e. The van der Waals surface area contributed by atoms with E-state index in [0.29, 0.717) is 76.3 Å². The molecule has 0 unspecified atom stereocenters. The third-order valence-corrected chi connectivity index (χ3v) is 7.38. The molecule has 2 heterocycles. The smallest absolute Gasteiger partial charge is 0.263 e. The van der Waals surface area contributed by atoms with Crippen LogP contribution in [-0.2, 0) is 13.1 Å². The van der Waals surface area contributed by atoms with Crippen molar-refractivity contribution in [3.8, 4) is 17.0 Å². The summed E-state index contributed by atoms with van der Waals surface area (Å²) in [6, 6.07) is 3.48. The Labute approximate surface area is 222 Å². The van der Waals surface area contributed by atoms with Crippen molar-refractivity contribution in [3.05, 3.63) is 48.6 Å². The van der Waals surface area contributed by atoms with Crippen molar-refractivity contribution in [2.45, 2.75) is 92.2 Å². The molecule has 1 aromatic carbocycles. The summed E-state index contributed by atoms with van der Waals surface area (Å²) in [6.07, 6.45) is 6.84.